The van der Waals surface area contributed by atoms with Crippen LogP contribution in [0.25, 0.3) is 0 Å². The number of esters is 1. The van der Waals surface area contributed by atoms with Crippen molar-refractivity contribution in [1.82, 2.24) is 0 Å². The van der Waals surface area contributed by atoms with Gasteiger partial charge in [0.05, 0.1) is 18.9 Å². The smallest absolute Gasteiger partial charge is 0.343 e. The topological polar surface area (TPSA) is 119 Å². The number of primary amides is 1. The second-order valence-corrected chi connectivity index (χ2v) is 5.62. The van der Waals surface area contributed by atoms with Gasteiger partial charge in [-0.05, 0) is 12.8 Å². The van der Waals surface area contributed by atoms with E-state index in [2.05, 4.69) is 0 Å². The first-order valence-electron chi connectivity index (χ1n) is 6.19. The van der Waals surface area contributed by atoms with E-state index in [0.717, 1.165) is 17.8 Å². The van der Waals surface area contributed by atoms with Crippen LogP contribution in [-0.4, -0.2) is 43.3 Å². The molecule has 0 aliphatic carbocycles. The zero-order valence-corrected chi connectivity index (χ0v) is 11.9. The molecule has 0 radical (unpaired) electrons. The van der Waals surface area contributed by atoms with Gasteiger partial charge in [-0.3, -0.25) is 4.79 Å². The molecule has 1 aliphatic rings. The Labute approximate surface area is 120 Å². The van der Waals surface area contributed by atoms with Crippen LogP contribution in [0.2, 0.25) is 0 Å². The molecule has 20 heavy (non-hydrogen) atoms. The monoisotopic (exact) mass is 299 g/mol. The van der Waals surface area contributed by atoms with Gasteiger partial charge in [-0.15, -0.1) is 11.3 Å². The summed E-state index contributed by atoms with van der Waals surface area (Å²) in [4.78, 5) is 25.2. The molecule has 5 N–H and O–H groups in total. The number of ether oxygens (including phenoxy) is 1. The Balaban J connectivity index is 2.47. The maximum atomic E-state index is 11.9. The Hall–Kier alpha value is -1.80. The van der Waals surface area contributed by atoms with Crippen molar-refractivity contribution in [1.29, 1.82) is 0 Å². The predicted octanol–water partition coefficient (Wildman–Crippen LogP) is 0.177. The summed E-state index contributed by atoms with van der Waals surface area (Å²) < 4.78 is 4.71. The lowest BCUT2D eigenvalue weighted by Crippen LogP contribution is -2.38. The fraction of sp³-hybridized carbons (Fsp3) is 0.500. The van der Waals surface area contributed by atoms with Gasteiger partial charge in [0.2, 0.25) is 0 Å². The fourth-order valence-electron chi connectivity index (χ4n) is 2.28. The third-order valence-corrected chi connectivity index (χ3v) is 4.50. The Morgan fingerprint density at radius 1 is 1.50 bits per heavy atom. The molecule has 0 aromatic carbocycles. The summed E-state index contributed by atoms with van der Waals surface area (Å²) in [6, 6.07) is 0. The summed E-state index contributed by atoms with van der Waals surface area (Å²) in [6.07, 6.45) is 1.05. The van der Waals surface area contributed by atoms with E-state index >= 15 is 0 Å². The van der Waals surface area contributed by atoms with E-state index in [1.807, 2.05) is 4.90 Å². The molecule has 1 fully saturated rings. The van der Waals surface area contributed by atoms with Gasteiger partial charge in [0.15, 0.2) is 0 Å². The number of piperidine rings is 1. The van der Waals surface area contributed by atoms with Crippen molar-refractivity contribution in [3.8, 4) is 0 Å². The number of methoxy groups -OCH3 is 1. The second kappa shape index (κ2) is 5.68. The maximum Gasteiger partial charge on any atom is 0.343 e. The number of carbonyl (C=O) groups excluding carboxylic acids is 2. The largest absolute Gasteiger partial charge is 0.465 e. The molecule has 1 amide bonds. The van der Waals surface area contributed by atoms with E-state index in [-0.39, 0.29) is 16.1 Å². The minimum absolute atomic E-state index is 0.0458. The van der Waals surface area contributed by atoms with Gasteiger partial charge in [-0.25, -0.2) is 4.79 Å². The number of aliphatic hydroxyl groups excluding tert-OH is 1. The Kier molecular flexibility index (Phi) is 4.15. The molecular weight excluding hydrogens is 282 g/mol. The van der Waals surface area contributed by atoms with Crippen molar-refractivity contribution in [2.75, 3.05) is 30.8 Å². The number of nitrogens with two attached hydrogens (primary N) is 2. The van der Waals surface area contributed by atoms with Crippen LogP contribution in [0.1, 0.15) is 32.9 Å². The first-order valence-corrected chi connectivity index (χ1v) is 7.00. The van der Waals surface area contributed by atoms with E-state index in [1.54, 1.807) is 0 Å². The number of carbonyl (C=O) groups is 2. The standard InChI is InChI=1S/C12H17N3O4S/c1-19-12(18)7-8(13)9(10(14)17)20-11(7)15-4-2-3-6(16)5-15/h6,16H,2-5,13H2,1H3,(H2,14,17). The minimum atomic E-state index is -0.679. The minimum Gasteiger partial charge on any atom is -0.465 e. The summed E-state index contributed by atoms with van der Waals surface area (Å²) in [5.74, 6) is -1.29. The van der Waals surface area contributed by atoms with Gasteiger partial charge in [-0.2, -0.15) is 0 Å². The first-order chi connectivity index (χ1) is 9.45. The van der Waals surface area contributed by atoms with Gasteiger partial charge >= 0.3 is 5.97 Å². The highest BCUT2D eigenvalue weighted by Gasteiger charge is 2.30. The van der Waals surface area contributed by atoms with Gasteiger partial charge in [0, 0.05) is 13.1 Å². The number of hydrogen-bond donors (Lipinski definition) is 3. The lowest BCUT2D eigenvalue weighted by atomic mass is 10.1. The number of amides is 1. The van der Waals surface area contributed by atoms with Crippen molar-refractivity contribution in [3.63, 3.8) is 0 Å². The average Bonchev–Trinajstić information content (AvgIpc) is 2.75. The number of anilines is 2. The van der Waals surface area contributed by atoms with E-state index in [1.165, 1.54) is 7.11 Å². The van der Waals surface area contributed by atoms with Crippen LogP contribution in [0, 0.1) is 0 Å². The highest BCUT2D eigenvalue weighted by Crippen LogP contribution is 2.39. The van der Waals surface area contributed by atoms with E-state index in [9.17, 15) is 14.7 Å². The van der Waals surface area contributed by atoms with E-state index in [4.69, 9.17) is 16.2 Å². The van der Waals surface area contributed by atoms with Crippen LogP contribution < -0.4 is 16.4 Å². The third-order valence-electron chi connectivity index (χ3n) is 3.22. The lowest BCUT2D eigenvalue weighted by Gasteiger charge is -2.31. The predicted molar refractivity (Wildman–Crippen MR) is 76.0 cm³/mol. The molecule has 1 saturated heterocycles. The third kappa shape index (κ3) is 2.56. The molecular formula is C12H17N3O4S. The second-order valence-electron chi connectivity index (χ2n) is 4.62. The lowest BCUT2D eigenvalue weighted by molar-refractivity contribution is 0.0602. The SMILES string of the molecule is COC(=O)c1c(N2CCCC(O)C2)sc(C(N)=O)c1N. The molecule has 110 valence electrons. The summed E-state index contributed by atoms with van der Waals surface area (Å²) >= 11 is 1.06. The number of rotatable bonds is 3. The zero-order chi connectivity index (χ0) is 14.9. The molecule has 8 heteroatoms. The van der Waals surface area contributed by atoms with E-state index in [0.29, 0.717) is 24.5 Å². The van der Waals surface area contributed by atoms with Crippen molar-refractivity contribution in [2.45, 2.75) is 18.9 Å². The zero-order valence-electron chi connectivity index (χ0n) is 11.1. The van der Waals surface area contributed by atoms with Crippen molar-refractivity contribution < 1.29 is 19.4 Å². The summed E-state index contributed by atoms with van der Waals surface area (Å²) in [6.45, 7) is 1.07. The van der Waals surface area contributed by atoms with Gasteiger partial charge in [-0.1, -0.05) is 0 Å². The summed E-state index contributed by atoms with van der Waals surface area (Å²) in [5, 5.41) is 10.3. The molecule has 1 unspecified atom stereocenters. The van der Waals surface area contributed by atoms with Crippen molar-refractivity contribution in [2.24, 2.45) is 5.73 Å². The maximum absolute atomic E-state index is 11.9. The summed E-state index contributed by atoms with van der Waals surface area (Å²) in [5.41, 5.74) is 11.3. The van der Waals surface area contributed by atoms with Gasteiger partial charge in [0.1, 0.15) is 15.4 Å². The van der Waals surface area contributed by atoms with Crippen molar-refractivity contribution in [3.05, 3.63) is 10.4 Å². The quantitative estimate of drug-likeness (QED) is 0.685. The Morgan fingerprint density at radius 3 is 2.75 bits per heavy atom. The molecule has 7 nitrogen and oxygen atoms in total. The number of hydrogen-bond acceptors (Lipinski definition) is 7. The van der Waals surface area contributed by atoms with E-state index < -0.39 is 18.0 Å². The molecule has 1 aromatic heterocycles. The van der Waals surface area contributed by atoms with Gasteiger partial charge in [0.25, 0.3) is 5.91 Å². The Morgan fingerprint density at radius 2 is 2.20 bits per heavy atom. The molecule has 1 atom stereocenters. The highest BCUT2D eigenvalue weighted by molar-refractivity contribution is 7.19. The van der Waals surface area contributed by atoms with Crippen LogP contribution in [0.4, 0.5) is 10.7 Å². The number of nitrogens with zero attached hydrogens (tertiary/aromatic N) is 1. The molecule has 0 spiro atoms. The van der Waals surface area contributed by atoms with Crippen LogP contribution in [0.3, 0.4) is 0 Å². The average molecular weight is 299 g/mol. The normalized spacial score (nSPS) is 18.9. The molecule has 0 bridgehead atoms. The number of aliphatic hydroxyl groups is 1. The Bertz CT molecular complexity index is 543. The highest BCUT2D eigenvalue weighted by atomic mass is 32.1. The molecule has 2 rings (SSSR count). The van der Waals surface area contributed by atoms with Crippen molar-refractivity contribution >= 4 is 33.9 Å². The van der Waals surface area contributed by atoms with Gasteiger partial charge < -0.3 is 26.2 Å². The molecule has 1 aliphatic heterocycles. The molecule has 0 saturated carbocycles. The van der Waals surface area contributed by atoms with Crippen LogP contribution in [0.15, 0.2) is 0 Å². The van der Waals surface area contributed by atoms with Crippen LogP contribution in [0.5, 0.6) is 0 Å². The summed E-state index contributed by atoms with van der Waals surface area (Å²) in [7, 11) is 1.25. The molecule has 2 heterocycles. The number of β-amino-alcohol motifs (C(OH)–C–C–N with tert-alkyl or cyclic N) is 1. The fourth-order valence-corrected chi connectivity index (χ4v) is 3.37. The first kappa shape index (κ1) is 14.6. The number of thiophene rings is 1. The van der Waals surface area contributed by atoms with Crippen LogP contribution in [-0.2, 0) is 4.74 Å². The van der Waals surface area contributed by atoms with Crippen LogP contribution >= 0.6 is 11.3 Å². The molecule has 1 aromatic rings. The number of nitrogen functional groups attached to an aromatic ring is 1.